The maximum atomic E-state index is 12.1. The summed E-state index contributed by atoms with van der Waals surface area (Å²) in [7, 11) is 0. The highest BCUT2D eigenvalue weighted by atomic mass is 16.4. The van der Waals surface area contributed by atoms with Crippen molar-refractivity contribution >= 4 is 30.0 Å². The second-order valence-electron chi connectivity index (χ2n) is 10.2. The van der Waals surface area contributed by atoms with Crippen molar-refractivity contribution in [3.8, 4) is 0 Å². The number of hydrogen-bond donors (Lipinski definition) is 4. The summed E-state index contributed by atoms with van der Waals surface area (Å²) in [6, 6.07) is -1.06. The molecule has 4 N–H and O–H groups in total. The number of carboxylic acids is 2. The number of aliphatic carboxylic acids is 2. The molecule has 1 atom stereocenters. The molecule has 2 amide bonds. The average molecular weight is 541 g/mol. The lowest BCUT2D eigenvalue weighted by atomic mass is 10.0. The van der Waals surface area contributed by atoms with Crippen LogP contribution in [-0.4, -0.2) is 52.8 Å². The molecule has 0 bridgehead atoms. The van der Waals surface area contributed by atoms with Crippen LogP contribution in [0.5, 0.6) is 0 Å². The quantitative estimate of drug-likeness (QED) is 0.0752. The second-order valence-corrected chi connectivity index (χ2v) is 10.2. The van der Waals surface area contributed by atoms with E-state index in [-0.39, 0.29) is 31.1 Å². The van der Waals surface area contributed by atoms with E-state index in [1.807, 2.05) is 0 Å². The second kappa shape index (κ2) is 26.2. The maximum absolute atomic E-state index is 12.1. The predicted octanol–water partition coefficient (Wildman–Crippen LogP) is 5.54. The molecule has 0 aliphatic heterocycles. The zero-order valence-electron chi connectivity index (χ0n) is 23.4. The molecular formula is C29H52N2O7. The summed E-state index contributed by atoms with van der Waals surface area (Å²) < 4.78 is 0. The number of carbonyl (C=O) groups is 5. The molecule has 0 saturated heterocycles. The standard InChI is InChI=1S/C29H52N2O7/c32-24-18-14-13-17-23-30-26(33)22-21-25(29(37)38)31-27(34)19-15-11-9-7-5-3-1-2-4-6-8-10-12-16-20-28(35)36/h24-25H,1-23H2,(H,30,33)(H,31,34)(H,35,36)(H,37,38). The molecule has 220 valence electrons. The molecule has 0 aromatic heterocycles. The molecule has 0 aromatic rings. The van der Waals surface area contributed by atoms with Crippen LogP contribution in [0.3, 0.4) is 0 Å². The first-order valence-electron chi connectivity index (χ1n) is 14.8. The van der Waals surface area contributed by atoms with E-state index in [9.17, 15) is 29.1 Å². The van der Waals surface area contributed by atoms with Crippen LogP contribution in [-0.2, 0) is 24.0 Å². The number of amides is 2. The van der Waals surface area contributed by atoms with Crippen LogP contribution in [0.15, 0.2) is 0 Å². The van der Waals surface area contributed by atoms with E-state index in [0.29, 0.717) is 19.4 Å². The number of hydrogen-bond acceptors (Lipinski definition) is 5. The molecule has 0 aliphatic carbocycles. The smallest absolute Gasteiger partial charge is 0.326 e. The third-order valence-electron chi connectivity index (χ3n) is 6.66. The number of carboxylic acid groups (broad SMARTS) is 2. The number of nitrogens with one attached hydrogen (secondary N) is 2. The molecule has 9 nitrogen and oxygen atoms in total. The highest BCUT2D eigenvalue weighted by molar-refractivity contribution is 5.84. The highest BCUT2D eigenvalue weighted by Crippen LogP contribution is 2.14. The zero-order valence-corrected chi connectivity index (χ0v) is 23.4. The van der Waals surface area contributed by atoms with E-state index in [1.165, 1.54) is 44.9 Å². The fourth-order valence-electron chi connectivity index (χ4n) is 4.33. The van der Waals surface area contributed by atoms with Crippen molar-refractivity contribution < 1.29 is 34.2 Å². The fraction of sp³-hybridized carbons (Fsp3) is 0.828. The van der Waals surface area contributed by atoms with Gasteiger partial charge in [0.05, 0.1) is 0 Å². The molecule has 0 fully saturated rings. The molecule has 0 radical (unpaired) electrons. The summed E-state index contributed by atoms with van der Waals surface area (Å²) in [6.07, 6.45) is 20.0. The minimum atomic E-state index is -1.13. The van der Waals surface area contributed by atoms with Gasteiger partial charge >= 0.3 is 11.9 Å². The first-order valence-corrected chi connectivity index (χ1v) is 14.8. The van der Waals surface area contributed by atoms with Gasteiger partial charge in [-0.15, -0.1) is 0 Å². The third kappa shape index (κ3) is 25.2. The maximum Gasteiger partial charge on any atom is 0.326 e. The fourth-order valence-corrected chi connectivity index (χ4v) is 4.33. The number of rotatable bonds is 28. The molecule has 38 heavy (non-hydrogen) atoms. The lowest BCUT2D eigenvalue weighted by molar-refractivity contribution is -0.142. The number of unbranched alkanes of at least 4 members (excludes halogenated alkanes) is 16. The Hall–Kier alpha value is -2.45. The summed E-state index contributed by atoms with van der Waals surface area (Å²) in [5.41, 5.74) is 0. The van der Waals surface area contributed by atoms with Gasteiger partial charge in [-0.05, 0) is 32.1 Å². The summed E-state index contributed by atoms with van der Waals surface area (Å²) in [5, 5.41) is 23.2. The van der Waals surface area contributed by atoms with Crippen molar-refractivity contribution in [3.05, 3.63) is 0 Å². The molecule has 0 rings (SSSR count). The van der Waals surface area contributed by atoms with E-state index in [4.69, 9.17) is 5.11 Å². The molecule has 9 heteroatoms. The molecule has 0 aliphatic rings. The van der Waals surface area contributed by atoms with Gasteiger partial charge in [0.1, 0.15) is 12.3 Å². The summed E-state index contributed by atoms with van der Waals surface area (Å²) in [5.74, 6) is -2.35. The van der Waals surface area contributed by atoms with E-state index in [2.05, 4.69) is 10.6 Å². The Bertz CT molecular complexity index is 655. The molecular weight excluding hydrogens is 488 g/mol. The Morgan fingerprint density at radius 3 is 1.53 bits per heavy atom. The van der Waals surface area contributed by atoms with Crippen LogP contribution in [0.25, 0.3) is 0 Å². The summed E-state index contributed by atoms with van der Waals surface area (Å²) in [4.78, 5) is 56.2. The lowest BCUT2D eigenvalue weighted by Crippen LogP contribution is -2.41. The average Bonchev–Trinajstić information content (AvgIpc) is 2.87. The molecule has 0 spiro atoms. The van der Waals surface area contributed by atoms with Gasteiger partial charge in [0.15, 0.2) is 0 Å². The minimum Gasteiger partial charge on any atom is -0.481 e. The van der Waals surface area contributed by atoms with Crippen molar-refractivity contribution in [2.45, 2.75) is 147 Å². The van der Waals surface area contributed by atoms with Crippen molar-refractivity contribution in [2.75, 3.05) is 6.54 Å². The predicted molar refractivity (Wildman–Crippen MR) is 148 cm³/mol. The topological polar surface area (TPSA) is 150 Å². The number of aldehydes is 1. The van der Waals surface area contributed by atoms with Gasteiger partial charge in [-0.3, -0.25) is 14.4 Å². The van der Waals surface area contributed by atoms with Gasteiger partial charge in [0.2, 0.25) is 11.8 Å². The van der Waals surface area contributed by atoms with Crippen LogP contribution >= 0.6 is 0 Å². The molecule has 0 aromatic carbocycles. The lowest BCUT2D eigenvalue weighted by Gasteiger charge is -2.14. The SMILES string of the molecule is O=CCCCCCNC(=O)CCC(NC(=O)CCCCCCCCCCCCCCCCC(=O)O)C(=O)O. The van der Waals surface area contributed by atoms with Crippen LogP contribution in [0.4, 0.5) is 0 Å². The van der Waals surface area contributed by atoms with E-state index in [0.717, 1.165) is 70.5 Å². The van der Waals surface area contributed by atoms with Crippen LogP contribution in [0.2, 0.25) is 0 Å². The van der Waals surface area contributed by atoms with Crippen LogP contribution in [0, 0.1) is 0 Å². The van der Waals surface area contributed by atoms with Gasteiger partial charge in [0, 0.05) is 32.2 Å². The van der Waals surface area contributed by atoms with Gasteiger partial charge < -0.3 is 25.6 Å². The largest absolute Gasteiger partial charge is 0.481 e. The van der Waals surface area contributed by atoms with Crippen molar-refractivity contribution in [3.63, 3.8) is 0 Å². The normalized spacial score (nSPS) is 11.6. The first kappa shape index (κ1) is 35.5. The zero-order chi connectivity index (χ0) is 28.3. The van der Waals surface area contributed by atoms with Crippen molar-refractivity contribution in [2.24, 2.45) is 0 Å². The van der Waals surface area contributed by atoms with Crippen molar-refractivity contribution in [1.82, 2.24) is 10.6 Å². The summed E-state index contributed by atoms with van der Waals surface area (Å²) in [6.45, 7) is 0.501. The molecule has 1 unspecified atom stereocenters. The Morgan fingerprint density at radius 2 is 1.05 bits per heavy atom. The Balaban J connectivity index is 3.63. The molecule has 0 heterocycles. The Kier molecular flexibility index (Phi) is 24.5. The first-order chi connectivity index (χ1) is 18.4. The van der Waals surface area contributed by atoms with Crippen molar-refractivity contribution in [1.29, 1.82) is 0 Å². The van der Waals surface area contributed by atoms with Gasteiger partial charge in [-0.1, -0.05) is 83.5 Å². The number of carbonyl (C=O) groups excluding carboxylic acids is 3. The highest BCUT2D eigenvalue weighted by Gasteiger charge is 2.20. The van der Waals surface area contributed by atoms with E-state index in [1.54, 1.807) is 0 Å². The van der Waals surface area contributed by atoms with E-state index < -0.39 is 18.0 Å². The van der Waals surface area contributed by atoms with Crippen LogP contribution in [0.1, 0.15) is 141 Å². The van der Waals surface area contributed by atoms with E-state index >= 15 is 0 Å². The molecule has 0 saturated carbocycles. The third-order valence-corrected chi connectivity index (χ3v) is 6.66. The van der Waals surface area contributed by atoms with Crippen LogP contribution < -0.4 is 10.6 Å². The Morgan fingerprint density at radius 1 is 0.579 bits per heavy atom. The monoisotopic (exact) mass is 540 g/mol. The summed E-state index contributed by atoms with van der Waals surface area (Å²) >= 11 is 0. The Labute approximate surface area is 228 Å². The minimum absolute atomic E-state index is 0.0418. The van der Waals surface area contributed by atoms with Gasteiger partial charge in [0.25, 0.3) is 0 Å². The van der Waals surface area contributed by atoms with Gasteiger partial charge in [-0.2, -0.15) is 0 Å². The van der Waals surface area contributed by atoms with Gasteiger partial charge in [-0.25, -0.2) is 4.79 Å².